The maximum Gasteiger partial charge on any atom is 0.326 e. The molecule has 1 fully saturated rings. The fraction of sp³-hybridized carbons (Fsp3) is 0.267. The number of para-hydroxylation sites is 1. The van der Waals surface area contributed by atoms with Crippen molar-refractivity contribution in [1.82, 2.24) is 14.7 Å². The van der Waals surface area contributed by atoms with Gasteiger partial charge in [-0.25, -0.2) is 13.9 Å². The normalized spacial score (nSPS) is 17.7. The maximum atomic E-state index is 13.7. The van der Waals surface area contributed by atoms with Crippen molar-refractivity contribution in [2.24, 2.45) is 0 Å². The van der Waals surface area contributed by atoms with Crippen molar-refractivity contribution >= 4 is 11.9 Å². The minimum atomic E-state index is -1.01. The molecule has 1 aromatic carbocycles. The Morgan fingerprint density at radius 3 is 2.77 bits per heavy atom. The fourth-order valence-electron chi connectivity index (χ4n) is 2.62. The molecule has 0 radical (unpaired) electrons. The SMILES string of the molecule is O=C(O)C1CCCN1C(=O)c1ccn(-c2ccccc2F)n1. The number of amides is 1. The smallest absolute Gasteiger partial charge is 0.326 e. The van der Waals surface area contributed by atoms with E-state index in [1.165, 1.54) is 27.9 Å². The highest BCUT2D eigenvalue weighted by atomic mass is 19.1. The van der Waals surface area contributed by atoms with Gasteiger partial charge < -0.3 is 10.0 Å². The summed E-state index contributed by atoms with van der Waals surface area (Å²) in [6.07, 6.45) is 2.57. The zero-order valence-electron chi connectivity index (χ0n) is 11.6. The first-order chi connectivity index (χ1) is 10.6. The first-order valence-corrected chi connectivity index (χ1v) is 6.92. The Kier molecular flexibility index (Phi) is 3.62. The van der Waals surface area contributed by atoms with E-state index < -0.39 is 23.7 Å². The molecule has 3 rings (SSSR count). The van der Waals surface area contributed by atoms with Gasteiger partial charge in [-0.3, -0.25) is 4.79 Å². The van der Waals surface area contributed by atoms with Crippen LogP contribution in [0.1, 0.15) is 23.3 Å². The van der Waals surface area contributed by atoms with E-state index in [1.807, 2.05) is 0 Å². The van der Waals surface area contributed by atoms with E-state index in [0.29, 0.717) is 19.4 Å². The lowest BCUT2D eigenvalue weighted by Crippen LogP contribution is -2.40. The molecule has 1 aliphatic rings. The Bertz CT molecular complexity index is 728. The molecule has 1 N–H and O–H groups in total. The number of aliphatic carboxylic acids is 1. The number of halogens is 1. The molecule has 1 unspecified atom stereocenters. The van der Waals surface area contributed by atoms with Crippen LogP contribution in [0.3, 0.4) is 0 Å². The Labute approximate surface area is 125 Å². The first-order valence-electron chi connectivity index (χ1n) is 6.92. The molecule has 1 amide bonds. The van der Waals surface area contributed by atoms with Gasteiger partial charge in [-0.1, -0.05) is 12.1 Å². The molecule has 7 heteroatoms. The highest BCUT2D eigenvalue weighted by molar-refractivity contribution is 5.95. The van der Waals surface area contributed by atoms with Crippen molar-refractivity contribution < 1.29 is 19.1 Å². The Morgan fingerprint density at radius 1 is 1.27 bits per heavy atom. The summed E-state index contributed by atoms with van der Waals surface area (Å²) < 4.78 is 15.0. The third-order valence-corrected chi connectivity index (χ3v) is 3.71. The standard InChI is InChI=1S/C15H14FN3O3/c16-10-4-1-2-5-12(10)19-9-7-11(17-19)14(20)18-8-3-6-13(18)15(21)22/h1-2,4-5,7,9,13H,3,6,8H2,(H,21,22). The molecule has 0 bridgehead atoms. The fourth-order valence-corrected chi connectivity index (χ4v) is 2.62. The molecule has 1 atom stereocenters. The summed E-state index contributed by atoms with van der Waals surface area (Å²) >= 11 is 0. The number of carbonyl (C=O) groups is 2. The largest absolute Gasteiger partial charge is 0.480 e. The van der Waals surface area contributed by atoms with Crippen LogP contribution in [0.2, 0.25) is 0 Å². The number of carboxylic acids is 1. The van der Waals surface area contributed by atoms with Gasteiger partial charge in [-0.15, -0.1) is 0 Å². The molecule has 1 aromatic heterocycles. The predicted molar refractivity (Wildman–Crippen MR) is 75.2 cm³/mol. The summed E-state index contributed by atoms with van der Waals surface area (Å²) in [5.41, 5.74) is 0.342. The highest BCUT2D eigenvalue weighted by Gasteiger charge is 2.35. The van der Waals surface area contributed by atoms with Gasteiger partial charge in [0.15, 0.2) is 5.69 Å². The van der Waals surface area contributed by atoms with Crippen LogP contribution in [0.15, 0.2) is 36.5 Å². The predicted octanol–water partition coefficient (Wildman–Crippen LogP) is 1.70. The molecule has 2 heterocycles. The molecule has 114 valence electrons. The molecule has 1 saturated heterocycles. The molecule has 0 spiro atoms. The number of rotatable bonds is 3. The minimum Gasteiger partial charge on any atom is -0.480 e. The molecular weight excluding hydrogens is 289 g/mol. The number of carboxylic acid groups (broad SMARTS) is 1. The van der Waals surface area contributed by atoms with Crippen LogP contribution >= 0.6 is 0 Å². The molecule has 6 nitrogen and oxygen atoms in total. The summed E-state index contributed by atoms with van der Waals surface area (Å²) in [7, 11) is 0. The van der Waals surface area contributed by atoms with Crippen LogP contribution in [-0.4, -0.2) is 44.3 Å². The number of aromatic nitrogens is 2. The monoisotopic (exact) mass is 303 g/mol. The van der Waals surface area contributed by atoms with E-state index in [2.05, 4.69) is 5.10 Å². The van der Waals surface area contributed by atoms with Crippen molar-refractivity contribution in [2.75, 3.05) is 6.54 Å². The summed E-state index contributed by atoms with van der Waals surface area (Å²) in [6.45, 7) is 0.391. The highest BCUT2D eigenvalue weighted by Crippen LogP contribution is 2.20. The van der Waals surface area contributed by atoms with Gasteiger partial charge in [0.1, 0.15) is 17.5 Å². The maximum absolute atomic E-state index is 13.7. The number of carbonyl (C=O) groups excluding carboxylic acids is 1. The molecule has 2 aromatic rings. The molecular formula is C15H14FN3O3. The summed E-state index contributed by atoms with van der Waals surface area (Å²) in [5, 5.41) is 13.2. The zero-order valence-corrected chi connectivity index (χ0v) is 11.6. The minimum absolute atomic E-state index is 0.108. The van der Waals surface area contributed by atoms with E-state index in [-0.39, 0.29) is 11.4 Å². The quantitative estimate of drug-likeness (QED) is 0.936. The molecule has 0 aliphatic carbocycles. The third kappa shape index (κ3) is 2.45. The average Bonchev–Trinajstić information content (AvgIpc) is 3.16. The van der Waals surface area contributed by atoms with Gasteiger partial charge in [0, 0.05) is 12.7 Å². The number of hydrogen-bond donors (Lipinski definition) is 1. The first kappa shape index (κ1) is 14.2. The molecule has 1 aliphatic heterocycles. The lowest BCUT2D eigenvalue weighted by Gasteiger charge is -2.20. The Balaban J connectivity index is 1.86. The number of benzene rings is 1. The van der Waals surface area contributed by atoms with Gasteiger partial charge in [0.2, 0.25) is 0 Å². The lowest BCUT2D eigenvalue weighted by molar-refractivity contribution is -0.141. The van der Waals surface area contributed by atoms with Gasteiger partial charge in [-0.05, 0) is 31.0 Å². The second-order valence-electron chi connectivity index (χ2n) is 5.09. The zero-order chi connectivity index (χ0) is 15.7. The second-order valence-corrected chi connectivity index (χ2v) is 5.09. The van der Waals surface area contributed by atoms with Crippen molar-refractivity contribution in [3.05, 3.63) is 48.0 Å². The van der Waals surface area contributed by atoms with Crippen LogP contribution in [0, 0.1) is 5.82 Å². The van der Waals surface area contributed by atoms with Crippen molar-refractivity contribution in [3.8, 4) is 5.69 Å². The van der Waals surface area contributed by atoms with Crippen molar-refractivity contribution in [3.63, 3.8) is 0 Å². The van der Waals surface area contributed by atoms with Crippen LogP contribution in [0.5, 0.6) is 0 Å². The van der Waals surface area contributed by atoms with Crippen molar-refractivity contribution in [1.29, 1.82) is 0 Å². The number of nitrogens with zero attached hydrogens (tertiary/aromatic N) is 3. The van der Waals surface area contributed by atoms with E-state index in [9.17, 15) is 14.0 Å². The summed E-state index contributed by atoms with van der Waals surface area (Å²) in [4.78, 5) is 24.8. The van der Waals surface area contributed by atoms with Crippen LogP contribution in [-0.2, 0) is 4.79 Å². The van der Waals surface area contributed by atoms with Crippen LogP contribution in [0.25, 0.3) is 5.69 Å². The van der Waals surface area contributed by atoms with Gasteiger partial charge in [0.05, 0.1) is 0 Å². The number of hydrogen-bond acceptors (Lipinski definition) is 3. The van der Waals surface area contributed by atoms with E-state index in [0.717, 1.165) is 0 Å². The molecule has 0 saturated carbocycles. The average molecular weight is 303 g/mol. The lowest BCUT2D eigenvalue weighted by atomic mass is 10.2. The Morgan fingerprint density at radius 2 is 2.05 bits per heavy atom. The van der Waals surface area contributed by atoms with Crippen molar-refractivity contribution in [2.45, 2.75) is 18.9 Å². The summed E-state index contributed by atoms with van der Waals surface area (Å²) in [6, 6.07) is 6.74. The second kappa shape index (κ2) is 5.59. The number of likely N-dealkylation sites (tertiary alicyclic amines) is 1. The van der Waals surface area contributed by atoms with E-state index >= 15 is 0 Å². The van der Waals surface area contributed by atoms with Crippen LogP contribution < -0.4 is 0 Å². The van der Waals surface area contributed by atoms with E-state index in [1.54, 1.807) is 18.2 Å². The summed E-state index contributed by atoms with van der Waals surface area (Å²) in [5.74, 6) is -1.91. The van der Waals surface area contributed by atoms with Crippen LogP contribution in [0.4, 0.5) is 4.39 Å². The third-order valence-electron chi connectivity index (χ3n) is 3.71. The Hall–Kier alpha value is -2.70. The van der Waals surface area contributed by atoms with Gasteiger partial charge in [0.25, 0.3) is 5.91 Å². The van der Waals surface area contributed by atoms with E-state index in [4.69, 9.17) is 5.11 Å². The topological polar surface area (TPSA) is 75.4 Å². The van der Waals surface area contributed by atoms with Gasteiger partial charge in [-0.2, -0.15) is 5.10 Å². The molecule has 22 heavy (non-hydrogen) atoms. The van der Waals surface area contributed by atoms with Gasteiger partial charge >= 0.3 is 5.97 Å².